The molecule has 1 fully saturated rings. The van der Waals surface area contributed by atoms with Crippen LogP contribution >= 0.6 is 0 Å². The third kappa shape index (κ3) is 4.20. The molecule has 0 spiro atoms. The number of carbonyl (C=O) groups excluding carboxylic acids is 1. The Labute approximate surface area is 158 Å². The zero-order valence-electron chi connectivity index (χ0n) is 14.7. The third-order valence-electron chi connectivity index (χ3n) is 4.62. The second-order valence-electron chi connectivity index (χ2n) is 6.83. The van der Waals surface area contributed by atoms with Crippen LogP contribution in [-0.2, 0) is 21.2 Å². The van der Waals surface area contributed by atoms with Gasteiger partial charge in [0.2, 0.25) is 15.9 Å². The van der Waals surface area contributed by atoms with E-state index in [0.717, 1.165) is 29.3 Å². The summed E-state index contributed by atoms with van der Waals surface area (Å²) in [5.74, 6) is -0.148. The van der Waals surface area contributed by atoms with E-state index in [1.54, 1.807) is 12.1 Å². The number of hydrogen-bond acceptors (Lipinski definition) is 3. The van der Waals surface area contributed by atoms with Gasteiger partial charge in [-0.3, -0.25) is 4.79 Å². The molecule has 4 rings (SSSR count). The van der Waals surface area contributed by atoms with Crippen molar-refractivity contribution >= 4 is 32.5 Å². The summed E-state index contributed by atoms with van der Waals surface area (Å²) in [6, 6.07) is 14.4. The minimum Gasteiger partial charge on any atom is -0.361 e. The number of aromatic amines is 1. The summed E-state index contributed by atoms with van der Waals surface area (Å²) in [4.78, 5) is 15.7. The van der Waals surface area contributed by atoms with Gasteiger partial charge in [0, 0.05) is 35.2 Å². The summed E-state index contributed by atoms with van der Waals surface area (Å²) < 4.78 is 27.2. The molecule has 0 saturated heterocycles. The van der Waals surface area contributed by atoms with Gasteiger partial charge >= 0.3 is 0 Å². The van der Waals surface area contributed by atoms with Crippen molar-refractivity contribution in [3.8, 4) is 0 Å². The van der Waals surface area contributed by atoms with Gasteiger partial charge in [-0.1, -0.05) is 24.3 Å². The molecule has 27 heavy (non-hydrogen) atoms. The summed E-state index contributed by atoms with van der Waals surface area (Å²) >= 11 is 0. The quantitative estimate of drug-likeness (QED) is 0.585. The minimum atomic E-state index is -3.53. The van der Waals surface area contributed by atoms with E-state index >= 15 is 0 Å². The lowest BCUT2D eigenvalue weighted by molar-refractivity contribution is -0.116. The highest BCUT2D eigenvalue weighted by molar-refractivity contribution is 7.89. The van der Waals surface area contributed by atoms with E-state index < -0.39 is 10.0 Å². The Kier molecular flexibility index (Phi) is 4.72. The van der Waals surface area contributed by atoms with E-state index in [-0.39, 0.29) is 16.8 Å². The Morgan fingerprint density at radius 2 is 1.93 bits per heavy atom. The number of carbonyl (C=O) groups is 1. The van der Waals surface area contributed by atoms with E-state index in [4.69, 9.17) is 0 Å². The Morgan fingerprint density at radius 1 is 1.11 bits per heavy atom. The van der Waals surface area contributed by atoms with Crippen molar-refractivity contribution in [2.24, 2.45) is 0 Å². The maximum Gasteiger partial charge on any atom is 0.240 e. The predicted octanol–water partition coefficient (Wildman–Crippen LogP) is 3.18. The maximum atomic E-state index is 12.3. The molecule has 0 radical (unpaired) electrons. The fourth-order valence-electron chi connectivity index (χ4n) is 3.04. The van der Waals surface area contributed by atoms with Crippen molar-refractivity contribution in [2.45, 2.75) is 36.6 Å². The summed E-state index contributed by atoms with van der Waals surface area (Å²) in [6.07, 6.45) is 4.61. The number of fused-ring (bicyclic) bond motifs is 1. The normalized spacial score (nSPS) is 14.4. The Hall–Kier alpha value is -2.64. The highest BCUT2D eigenvalue weighted by Gasteiger charge is 2.28. The van der Waals surface area contributed by atoms with Gasteiger partial charge in [-0.25, -0.2) is 13.1 Å². The van der Waals surface area contributed by atoms with Gasteiger partial charge in [0.1, 0.15) is 0 Å². The first-order chi connectivity index (χ1) is 13.0. The van der Waals surface area contributed by atoms with Gasteiger partial charge in [0.05, 0.1) is 4.90 Å². The standard InChI is InChI=1S/C20H21N3O3S/c24-20(11-8-14-13-21-19-7-2-1-6-18(14)19)22-16-4-3-5-17(12-16)27(25,26)23-15-9-10-15/h1-7,12-13,15,21,23H,8-11H2,(H,22,24). The fourth-order valence-corrected chi connectivity index (χ4v) is 4.39. The molecule has 140 valence electrons. The molecule has 7 heteroatoms. The summed E-state index contributed by atoms with van der Waals surface area (Å²) in [6.45, 7) is 0. The molecule has 3 aromatic rings. The van der Waals surface area contributed by atoms with Crippen LogP contribution in [0.2, 0.25) is 0 Å². The molecule has 1 saturated carbocycles. The molecular weight excluding hydrogens is 362 g/mol. The topological polar surface area (TPSA) is 91.1 Å². The summed E-state index contributed by atoms with van der Waals surface area (Å²) in [5, 5.41) is 3.91. The molecule has 0 bridgehead atoms. The van der Waals surface area contributed by atoms with Crippen LogP contribution in [0.4, 0.5) is 5.69 Å². The van der Waals surface area contributed by atoms with E-state index in [2.05, 4.69) is 15.0 Å². The lowest BCUT2D eigenvalue weighted by Crippen LogP contribution is -2.25. The van der Waals surface area contributed by atoms with Crippen molar-refractivity contribution in [3.05, 3.63) is 60.3 Å². The Balaban J connectivity index is 1.40. The second kappa shape index (κ2) is 7.17. The van der Waals surface area contributed by atoms with Gasteiger partial charge in [-0.2, -0.15) is 0 Å². The number of hydrogen-bond donors (Lipinski definition) is 3. The van der Waals surface area contributed by atoms with Crippen LogP contribution < -0.4 is 10.0 Å². The van der Waals surface area contributed by atoms with Crippen molar-refractivity contribution < 1.29 is 13.2 Å². The number of aryl methyl sites for hydroxylation is 1. The van der Waals surface area contributed by atoms with Gasteiger partial charge < -0.3 is 10.3 Å². The van der Waals surface area contributed by atoms with Gasteiger partial charge in [-0.05, 0) is 49.1 Å². The molecule has 1 aromatic heterocycles. The zero-order valence-corrected chi connectivity index (χ0v) is 15.6. The number of rotatable bonds is 7. The first kappa shape index (κ1) is 17.8. The lowest BCUT2D eigenvalue weighted by atomic mass is 10.1. The highest BCUT2D eigenvalue weighted by Crippen LogP contribution is 2.23. The largest absolute Gasteiger partial charge is 0.361 e. The van der Waals surface area contributed by atoms with Crippen LogP contribution in [0.5, 0.6) is 0 Å². The number of anilines is 1. The molecule has 1 aliphatic carbocycles. The third-order valence-corrected chi connectivity index (χ3v) is 6.14. The maximum absolute atomic E-state index is 12.3. The number of amides is 1. The van der Waals surface area contributed by atoms with Gasteiger partial charge in [0.25, 0.3) is 0 Å². The molecule has 6 nitrogen and oxygen atoms in total. The molecule has 1 heterocycles. The number of para-hydroxylation sites is 1. The number of sulfonamides is 1. The second-order valence-corrected chi connectivity index (χ2v) is 8.55. The number of benzene rings is 2. The molecule has 1 aliphatic rings. The lowest BCUT2D eigenvalue weighted by Gasteiger charge is -2.09. The van der Waals surface area contributed by atoms with Crippen LogP contribution in [0.15, 0.2) is 59.6 Å². The number of aromatic nitrogens is 1. The fraction of sp³-hybridized carbons (Fsp3) is 0.250. The molecule has 0 unspecified atom stereocenters. The Bertz CT molecular complexity index is 1080. The molecule has 0 atom stereocenters. The monoisotopic (exact) mass is 383 g/mol. The first-order valence-electron chi connectivity index (χ1n) is 8.98. The van der Waals surface area contributed by atoms with E-state index in [9.17, 15) is 13.2 Å². The zero-order chi connectivity index (χ0) is 18.9. The van der Waals surface area contributed by atoms with Crippen molar-refractivity contribution in [2.75, 3.05) is 5.32 Å². The summed E-state index contributed by atoms with van der Waals surface area (Å²) in [5.41, 5.74) is 2.62. The molecule has 0 aliphatic heterocycles. The van der Waals surface area contributed by atoms with Crippen LogP contribution in [0, 0.1) is 0 Å². The van der Waals surface area contributed by atoms with Crippen LogP contribution in [0.25, 0.3) is 10.9 Å². The van der Waals surface area contributed by atoms with Crippen molar-refractivity contribution in [1.82, 2.24) is 9.71 Å². The average molecular weight is 383 g/mol. The molecule has 1 amide bonds. The van der Waals surface area contributed by atoms with Crippen molar-refractivity contribution in [3.63, 3.8) is 0 Å². The van der Waals surface area contributed by atoms with E-state index in [0.29, 0.717) is 18.5 Å². The van der Waals surface area contributed by atoms with Crippen molar-refractivity contribution in [1.29, 1.82) is 0 Å². The van der Waals surface area contributed by atoms with Crippen LogP contribution in [0.3, 0.4) is 0 Å². The average Bonchev–Trinajstić information content (AvgIpc) is 3.36. The smallest absolute Gasteiger partial charge is 0.240 e. The minimum absolute atomic E-state index is 0.0458. The van der Waals surface area contributed by atoms with Crippen LogP contribution in [-0.4, -0.2) is 25.4 Å². The highest BCUT2D eigenvalue weighted by atomic mass is 32.2. The van der Waals surface area contributed by atoms with Crippen LogP contribution in [0.1, 0.15) is 24.8 Å². The number of H-pyrrole nitrogens is 1. The molecule has 3 N–H and O–H groups in total. The Morgan fingerprint density at radius 3 is 2.74 bits per heavy atom. The first-order valence-corrected chi connectivity index (χ1v) is 10.5. The SMILES string of the molecule is O=C(CCc1c[nH]c2ccccc12)Nc1cccc(S(=O)(=O)NC2CC2)c1. The molecular formula is C20H21N3O3S. The predicted molar refractivity (Wildman–Crippen MR) is 105 cm³/mol. The van der Waals surface area contributed by atoms with E-state index in [1.165, 1.54) is 12.1 Å². The van der Waals surface area contributed by atoms with Gasteiger partial charge in [-0.15, -0.1) is 0 Å². The molecule has 2 aromatic carbocycles. The summed E-state index contributed by atoms with van der Waals surface area (Å²) in [7, 11) is -3.53. The van der Waals surface area contributed by atoms with E-state index in [1.807, 2.05) is 30.5 Å². The number of nitrogens with one attached hydrogen (secondary N) is 3. The van der Waals surface area contributed by atoms with Gasteiger partial charge in [0.15, 0.2) is 0 Å².